The monoisotopic (exact) mass is 315 g/mol. The van der Waals surface area contributed by atoms with Gasteiger partial charge in [-0.2, -0.15) is 0 Å². The average Bonchev–Trinajstić information content (AvgIpc) is 2.49. The fraction of sp³-hybridized carbons (Fsp3) is 0.133. The van der Waals surface area contributed by atoms with Crippen LogP contribution >= 0.6 is 0 Å². The van der Waals surface area contributed by atoms with Gasteiger partial charge in [0.25, 0.3) is 11.4 Å². The SMILES string of the molecule is Cc1cc(N=Cc2ccc([N+](=O)[O-])cc2[N+](=O)[O-])cc(C)c1O. The lowest BCUT2D eigenvalue weighted by Crippen LogP contribution is -1.97. The number of hydrogen-bond donors (Lipinski definition) is 1. The number of nitrogens with zero attached hydrogens (tertiary/aromatic N) is 3. The van der Waals surface area contributed by atoms with Crippen LogP contribution in [0.15, 0.2) is 35.3 Å². The second-order valence-electron chi connectivity index (χ2n) is 4.94. The second kappa shape index (κ2) is 6.22. The lowest BCUT2D eigenvalue weighted by molar-refractivity contribution is -0.394. The number of benzene rings is 2. The molecular weight excluding hydrogens is 302 g/mol. The van der Waals surface area contributed by atoms with Crippen molar-refractivity contribution < 1.29 is 15.0 Å². The molecule has 2 rings (SSSR count). The van der Waals surface area contributed by atoms with E-state index in [-0.39, 0.29) is 17.0 Å². The summed E-state index contributed by atoms with van der Waals surface area (Å²) in [5.41, 5.74) is 1.19. The lowest BCUT2D eigenvalue weighted by atomic mass is 10.1. The van der Waals surface area contributed by atoms with Gasteiger partial charge in [-0.25, -0.2) is 0 Å². The van der Waals surface area contributed by atoms with Crippen molar-refractivity contribution in [2.45, 2.75) is 13.8 Å². The van der Waals surface area contributed by atoms with Crippen LogP contribution in [0, 0.1) is 34.1 Å². The van der Waals surface area contributed by atoms with Crippen molar-refractivity contribution in [3.8, 4) is 5.75 Å². The number of phenolic OH excluding ortho intramolecular Hbond substituents is 1. The van der Waals surface area contributed by atoms with E-state index in [9.17, 15) is 25.3 Å². The van der Waals surface area contributed by atoms with Crippen molar-refractivity contribution >= 4 is 23.3 Å². The number of aryl methyl sites for hydroxylation is 2. The smallest absolute Gasteiger partial charge is 0.285 e. The van der Waals surface area contributed by atoms with Gasteiger partial charge in [0.15, 0.2) is 0 Å². The molecule has 0 bridgehead atoms. The number of hydrogen-bond acceptors (Lipinski definition) is 6. The summed E-state index contributed by atoms with van der Waals surface area (Å²) in [7, 11) is 0. The molecule has 8 heteroatoms. The van der Waals surface area contributed by atoms with Gasteiger partial charge in [0, 0.05) is 12.3 Å². The van der Waals surface area contributed by atoms with Gasteiger partial charge in [0.1, 0.15) is 5.75 Å². The average molecular weight is 315 g/mol. The zero-order chi connectivity index (χ0) is 17.1. The van der Waals surface area contributed by atoms with E-state index in [0.29, 0.717) is 16.8 Å². The van der Waals surface area contributed by atoms with Crippen LogP contribution in [0.25, 0.3) is 0 Å². The molecule has 0 aliphatic heterocycles. The number of phenols is 1. The highest BCUT2D eigenvalue weighted by atomic mass is 16.6. The normalized spacial score (nSPS) is 10.9. The molecule has 0 heterocycles. The van der Waals surface area contributed by atoms with E-state index in [2.05, 4.69) is 4.99 Å². The first-order chi connectivity index (χ1) is 10.8. The Morgan fingerprint density at radius 1 is 1.04 bits per heavy atom. The van der Waals surface area contributed by atoms with Crippen LogP contribution in [0.2, 0.25) is 0 Å². The fourth-order valence-electron chi connectivity index (χ4n) is 2.06. The standard InChI is InChI=1S/C15H13N3O5/c1-9-5-12(6-10(2)15(9)19)16-8-11-3-4-13(17(20)21)7-14(11)18(22)23/h3-8,19H,1-2H3. The van der Waals surface area contributed by atoms with E-state index in [4.69, 9.17) is 0 Å². The van der Waals surface area contributed by atoms with E-state index in [0.717, 1.165) is 6.07 Å². The molecule has 0 amide bonds. The van der Waals surface area contributed by atoms with Crippen molar-refractivity contribution in [3.63, 3.8) is 0 Å². The Morgan fingerprint density at radius 3 is 2.17 bits per heavy atom. The Labute approximate surface area is 131 Å². The summed E-state index contributed by atoms with van der Waals surface area (Å²) in [4.78, 5) is 24.5. The molecule has 0 saturated carbocycles. The third-order valence-electron chi connectivity index (χ3n) is 3.25. The Balaban J connectivity index is 2.43. The zero-order valence-corrected chi connectivity index (χ0v) is 12.4. The Hall–Kier alpha value is -3.29. The first kappa shape index (κ1) is 16.1. The minimum absolute atomic E-state index is 0.156. The largest absolute Gasteiger partial charge is 0.507 e. The van der Waals surface area contributed by atoms with Crippen LogP contribution < -0.4 is 0 Å². The van der Waals surface area contributed by atoms with Crippen LogP contribution in [0.4, 0.5) is 17.1 Å². The van der Waals surface area contributed by atoms with Gasteiger partial charge in [-0.3, -0.25) is 25.2 Å². The van der Waals surface area contributed by atoms with Gasteiger partial charge in [-0.1, -0.05) is 0 Å². The first-order valence-electron chi connectivity index (χ1n) is 6.56. The number of aromatic hydroxyl groups is 1. The van der Waals surface area contributed by atoms with E-state index >= 15 is 0 Å². The minimum Gasteiger partial charge on any atom is -0.507 e. The van der Waals surface area contributed by atoms with Gasteiger partial charge in [0.2, 0.25) is 0 Å². The van der Waals surface area contributed by atoms with Crippen LogP contribution in [0.5, 0.6) is 5.75 Å². The van der Waals surface area contributed by atoms with E-state index < -0.39 is 15.5 Å². The van der Waals surface area contributed by atoms with Crippen LogP contribution in [-0.4, -0.2) is 21.2 Å². The van der Waals surface area contributed by atoms with Gasteiger partial charge >= 0.3 is 0 Å². The van der Waals surface area contributed by atoms with Crippen molar-refractivity contribution in [1.29, 1.82) is 0 Å². The maximum atomic E-state index is 11.0. The first-order valence-corrected chi connectivity index (χ1v) is 6.56. The molecular formula is C15H13N3O5. The summed E-state index contributed by atoms with van der Waals surface area (Å²) >= 11 is 0. The summed E-state index contributed by atoms with van der Waals surface area (Å²) in [6.07, 6.45) is 1.27. The van der Waals surface area contributed by atoms with Gasteiger partial charge in [-0.05, 0) is 43.2 Å². The molecule has 2 aromatic rings. The number of aliphatic imine (C=N–C) groups is 1. The summed E-state index contributed by atoms with van der Waals surface area (Å²) in [6, 6.07) is 6.63. The van der Waals surface area contributed by atoms with Crippen molar-refractivity contribution in [2.24, 2.45) is 4.99 Å². The number of nitro benzene ring substituents is 2. The summed E-state index contributed by atoms with van der Waals surface area (Å²) in [5, 5.41) is 31.5. The molecule has 118 valence electrons. The number of nitro groups is 2. The molecule has 0 atom stereocenters. The topological polar surface area (TPSA) is 119 Å². The Bertz CT molecular complexity index is 807. The molecule has 8 nitrogen and oxygen atoms in total. The maximum Gasteiger partial charge on any atom is 0.285 e. The molecule has 0 aliphatic rings. The molecule has 0 saturated heterocycles. The van der Waals surface area contributed by atoms with E-state index in [1.807, 2.05) is 0 Å². The third-order valence-corrected chi connectivity index (χ3v) is 3.25. The van der Waals surface area contributed by atoms with Crippen LogP contribution in [-0.2, 0) is 0 Å². The maximum absolute atomic E-state index is 11.0. The predicted molar refractivity (Wildman–Crippen MR) is 84.6 cm³/mol. The van der Waals surface area contributed by atoms with Crippen molar-refractivity contribution in [2.75, 3.05) is 0 Å². The quantitative estimate of drug-likeness (QED) is 0.525. The number of non-ortho nitro benzene ring substituents is 1. The highest BCUT2D eigenvalue weighted by Gasteiger charge is 2.18. The zero-order valence-electron chi connectivity index (χ0n) is 12.4. The van der Waals surface area contributed by atoms with Gasteiger partial charge in [-0.15, -0.1) is 0 Å². The highest BCUT2D eigenvalue weighted by molar-refractivity contribution is 5.87. The molecule has 0 aromatic heterocycles. The third kappa shape index (κ3) is 3.49. The van der Waals surface area contributed by atoms with Gasteiger partial charge < -0.3 is 5.11 Å². The van der Waals surface area contributed by atoms with Crippen molar-refractivity contribution in [1.82, 2.24) is 0 Å². The number of rotatable bonds is 4. The molecule has 0 fully saturated rings. The van der Waals surface area contributed by atoms with Crippen molar-refractivity contribution in [3.05, 3.63) is 67.3 Å². The molecule has 0 aliphatic carbocycles. The lowest BCUT2D eigenvalue weighted by Gasteiger charge is -2.04. The molecule has 1 N–H and O–H groups in total. The summed E-state index contributed by atoms with van der Waals surface area (Å²) < 4.78 is 0. The van der Waals surface area contributed by atoms with Gasteiger partial charge in [0.05, 0.1) is 27.2 Å². The predicted octanol–water partition coefficient (Wildman–Crippen LogP) is 3.58. The molecule has 2 aromatic carbocycles. The fourth-order valence-corrected chi connectivity index (χ4v) is 2.06. The summed E-state index contributed by atoms with van der Waals surface area (Å²) in [6.45, 7) is 3.44. The van der Waals surface area contributed by atoms with E-state index in [1.165, 1.54) is 18.3 Å². The van der Waals surface area contributed by atoms with E-state index in [1.54, 1.807) is 26.0 Å². The molecule has 0 spiro atoms. The molecule has 0 radical (unpaired) electrons. The second-order valence-corrected chi connectivity index (χ2v) is 4.94. The summed E-state index contributed by atoms with van der Waals surface area (Å²) in [5.74, 6) is 0.172. The highest BCUT2D eigenvalue weighted by Crippen LogP contribution is 2.28. The van der Waals surface area contributed by atoms with Crippen LogP contribution in [0.3, 0.4) is 0 Å². The van der Waals surface area contributed by atoms with Crippen LogP contribution in [0.1, 0.15) is 16.7 Å². The molecule has 0 unspecified atom stereocenters. The molecule has 23 heavy (non-hydrogen) atoms. The Morgan fingerprint density at radius 2 is 1.65 bits per heavy atom. The Kier molecular flexibility index (Phi) is 4.35. The minimum atomic E-state index is -0.694.